The van der Waals surface area contributed by atoms with Gasteiger partial charge in [0.2, 0.25) is 0 Å². The lowest BCUT2D eigenvalue weighted by atomic mass is 10.3. The summed E-state index contributed by atoms with van der Waals surface area (Å²) in [6, 6.07) is 0. The van der Waals surface area contributed by atoms with E-state index in [9.17, 15) is 0 Å². The molecular formula is C12H21N3S. The summed E-state index contributed by atoms with van der Waals surface area (Å²) < 4.78 is 0.182. The molecule has 0 amide bonds. The van der Waals surface area contributed by atoms with Gasteiger partial charge in [0, 0.05) is 16.9 Å². The lowest BCUT2D eigenvalue weighted by molar-refractivity contribution is 0.796. The molecule has 1 rings (SSSR count). The second-order valence-corrected chi connectivity index (χ2v) is 6.61. The first-order valence-corrected chi connectivity index (χ1v) is 6.50. The summed E-state index contributed by atoms with van der Waals surface area (Å²) in [5, 5.41) is 4.39. The second-order valence-electron chi connectivity index (χ2n) is 4.79. The summed E-state index contributed by atoms with van der Waals surface area (Å²) >= 11 is 1.78. The number of hydrogen-bond donors (Lipinski definition) is 1. The molecule has 0 unspecified atom stereocenters. The molecule has 0 radical (unpaired) electrons. The molecule has 1 aromatic heterocycles. The van der Waals surface area contributed by atoms with Crippen molar-refractivity contribution in [2.24, 2.45) is 0 Å². The van der Waals surface area contributed by atoms with Crippen LogP contribution in [0.5, 0.6) is 0 Å². The Balaban J connectivity index is 2.86. The van der Waals surface area contributed by atoms with E-state index in [-0.39, 0.29) is 4.75 Å². The normalized spacial score (nSPS) is 11.6. The number of thioether (sulfide) groups is 1. The molecule has 4 heteroatoms. The van der Waals surface area contributed by atoms with Gasteiger partial charge >= 0.3 is 0 Å². The van der Waals surface area contributed by atoms with Crippen molar-refractivity contribution in [3.63, 3.8) is 0 Å². The largest absolute Gasteiger partial charge is 0.370 e. The van der Waals surface area contributed by atoms with Crippen molar-refractivity contribution < 1.29 is 0 Å². The highest BCUT2D eigenvalue weighted by atomic mass is 32.2. The topological polar surface area (TPSA) is 37.8 Å². The van der Waals surface area contributed by atoms with Crippen LogP contribution >= 0.6 is 11.8 Å². The lowest BCUT2D eigenvalue weighted by Gasteiger charge is -2.19. The summed E-state index contributed by atoms with van der Waals surface area (Å²) in [5.41, 5.74) is 1.15. The van der Waals surface area contributed by atoms with Gasteiger partial charge in [-0.25, -0.2) is 9.97 Å². The van der Waals surface area contributed by atoms with Gasteiger partial charge in [-0.15, -0.1) is 11.8 Å². The first kappa shape index (κ1) is 13.3. The van der Waals surface area contributed by atoms with Gasteiger partial charge in [-0.3, -0.25) is 0 Å². The number of hydrogen-bond acceptors (Lipinski definition) is 4. The van der Waals surface area contributed by atoms with Gasteiger partial charge in [-0.1, -0.05) is 27.7 Å². The van der Waals surface area contributed by atoms with Crippen LogP contribution in [0.1, 0.15) is 39.7 Å². The van der Waals surface area contributed by atoms with Gasteiger partial charge in [-0.05, 0) is 13.3 Å². The maximum atomic E-state index is 4.34. The minimum Gasteiger partial charge on any atom is -0.370 e. The molecule has 0 aliphatic carbocycles. The third kappa shape index (κ3) is 4.00. The predicted octanol–water partition coefficient (Wildman–Crippen LogP) is 3.50. The number of anilines is 1. The molecule has 0 aliphatic rings. The summed E-state index contributed by atoms with van der Waals surface area (Å²) in [6.45, 7) is 11.8. The third-order valence-corrected chi connectivity index (χ3v) is 3.20. The smallest absolute Gasteiger partial charge is 0.133 e. The molecule has 0 fully saturated rings. The van der Waals surface area contributed by atoms with Gasteiger partial charge < -0.3 is 5.32 Å². The maximum absolute atomic E-state index is 4.34. The van der Waals surface area contributed by atoms with Crippen LogP contribution in [0.25, 0.3) is 0 Å². The van der Waals surface area contributed by atoms with E-state index >= 15 is 0 Å². The zero-order valence-electron chi connectivity index (χ0n) is 10.8. The molecule has 0 bridgehead atoms. The minimum atomic E-state index is 0.182. The molecular weight excluding hydrogens is 218 g/mol. The van der Waals surface area contributed by atoms with E-state index in [4.69, 9.17) is 0 Å². The van der Waals surface area contributed by atoms with E-state index in [1.54, 1.807) is 18.1 Å². The molecule has 1 N–H and O–H groups in total. The van der Waals surface area contributed by atoms with Gasteiger partial charge in [0.05, 0.1) is 0 Å². The minimum absolute atomic E-state index is 0.182. The Hall–Kier alpha value is -0.770. The van der Waals surface area contributed by atoms with Crippen LogP contribution in [-0.4, -0.2) is 21.3 Å². The van der Waals surface area contributed by atoms with Crippen molar-refractivity contribution >= 4 is 17.6 Å². The fourth-order valence-electron chi connectivity index (χ4n) is 1.25. The number of nitrogens with zero attached hydrogens (tertiary/aromatic N) is 2. The summed E-state index contributed by atoms with van der Waals surface area (Å²) in [5.74, 6) is 0.962. The molecule has 90 valence electrons. The van der Waals surface area contributed by atoms with Crippen molar-refractivity contribution in [1.82, 2.24) is 9.97 Å². The third-order valence-electron chi connectivity index (χ3n) is 1.98. The van der Waals surface area contributed by atoms with Crippen LogP contribution in [0.3, 0.4) is 0 Å². The van der Waals surface area contributed by atoms with Crippen LogP contribution in [-0.2, 0) is 0 Å². The quantitative estimate of drug-likeness (QED) is 0.644. The molecule has 0 aromatic carbocycles. The first-order chi connectivity index (χ1) is 7.44. The van der Waals surface area contributed by atoms with Crippen LogP contribution < -0.4 is 5.32 Å². The highest BCUT2D eigenvalue weighted by molar-refractivity contribution is 8.00. The number of nitrogens with one attached hydrogen (secondary N) is 1. The van der Waals surface area contributed by atoms with Crippen LogP contribution in [0.2, 0.25) is 0 Å². The van der Waals surface area contributed by atoms with E-state index in [2.05, 4.69) is 49.9 Å². The van der Waals surface area contributed by atoms with Gasteiger partial charge in [-0.2, -0.15) is 0 Å². The summed E-state index contributed by atoms with van der Waals surface area (Å²) in [6.07, 6.45) is 2.74. The summed E-state index contributed by atoms with van der Waals surface area (Å²) in [4.78, 5) is 8.62. The molecule has 0 saturated heterocycles. The molecule has 0 saturated carbocycles. The highest BCUT2D eigenvalue weighted by Gasteiger charge is 2.16. The lowest BCUT2D eigenvalue weighted by Crippen LogP contribution is -2.10. The Bertz CT molecular complexity index is 345. The van der Waals surface area contributed by atoms with Gasteiger partial charge in [0.15, 0.2) is 0 Å². The average Bonchev–Trinajstić information content (AvgIpc) is 2.17. The Morgan fingerprint density at radius 1 is 1.31 bits per heavy atom. The fraction of sp³-hybridized carbons (Fsp3) is 0.667. The van der Waals surface area contributed by atoms with E-state index < -0.39 is 0 Å². The van der Waals surface area contributed by atoms with Crippen LogP contribution in [0.4, 0.5) is 5.82 Å². The first-order valence-electron chi connectivity index (χ1n) is 5.68. The van der Waals surface area contributed by atoms with Gasteiger partial charge in [0.25, 0.3) is 0 Å². The Morgan fingerprint density at radius 3 is 2.56 bits per heavy atom. The van der Waals surface area contributed by atoms with Crippen LogP contribution in [0.15, 0.2) is 11.4 Å². The Morgan fingerprint density at radius 2 is 2.00 bits per heavy atom. The molecule has 1 heterocycles. The van der Waals surface area contributed by atoms with Gasteiger partial charge in [0.1, 0.15) is 17.2 Å². The second kappa shape index (κ2) is 5.53. The Labute approximate surface area is 102 Å². The highest BCUT2D eigenvalue weighted by Crippen LogP contribution is 2.33. The maximum Gasteiger partial charge on any atom is 0.133 e. The number of rotatable bonds is 4. The van der Waals surface area contributed by atoms with Crippen LogP contribution in [0, 0.1) is 6.92 Å². The average molecular weight is 239 g/mol. The molecule has 16 heavy (non-hydrogen) atoms. The zero-order chi connectivity index (χ0) is 12.2. The standard InChI is InChI=1S/C12H21N3S/c1-6-7-13-10-9(2)11(15-8-14-10)16-12(3,4)5/h8H,6-7H2,1-5H3,(H,13,14,15). The SMILES string of the molecule is CCCNc1ncnc(SC(C)(C)C)c1C. The van der Waals surface area contributed by atoms with E-state index in [0.29, 0.717) is 0 Å². The molecule has 0 aliphatic heterocycles. The van der Waals surface area contributed by atoms with E-state index in [1.165, 1.54) is 0 Å². The fourth-order valence-corrected chi connectivity index (χ4v) is 2.18. The zero-order valence-corrected chi connectivity index (χ0v) is 11.6. The Kier molecular flexibility index (Phi) is 4.59. The number of aromatic nitrogens is 2. The van der Waals surface area contributed by atoms with Crippen molar-refractivity contribution in [2.75, 3.05) is 11.9 Å². The molecule has 3 nitrogen and oxygen atoms in total. The van der Waals surface area contributed by atoms with Crippen molar-refractivity contribution in [1.29, 1.82) is 0 Å². The van der Waals surface area contributed by atoms with Crippen molar-refractivity contribution in [3.05, 3.63) is 11.9 Å². The molecule has 0 spiro atoms. The molecule has 0 atom stereocenters. The summed E-state index contributed by atoms with van der Waals surface area (Å²) in [7, 11) is 0. The van der Waals surface area contributed by atoms with E-state index in [1.807, 2.05) is 0 Å². The van der Waals surface area contributed by atoms with E-state index in [0.717, 1.165) is 29.4 Å². The van der Waals surface area contributed by atoms with Crippen molar-refractivity contribution in [2.45, 2.75) is 50.8 Å². The van der Waals surface area contributed by atoms with Crippen molar-refractivity contribution in [3.8, 4) is 0 Å². The monoisotopic (exact) mass is 239 g/mol. The predicted molar refractivity (Wildman–Crippen MR) is 71.2 cm³/mol. The molecule has 1 aromatic rings.